The van der Waals surface area contributed by atoms with Crippen molar-refractivity contribution in [2.75, 3.05) is 14.2 Å². The van der Waals surface area contributed by atoms with Crippen LogP contribution in [0.5, 0.6) is 11.5 Å². The molecule has 0 unspecified atom stereocenters. The third kappa shape index (κ3) is 3.76. The van der Waals surface area contributed by atoms with Gasteiger partial charge in [0.2, 0.25) is 0 Å². The van der Waals surface area contributed by atoms with E-state index in [0.29, 0.717) is 11.4 Å². The summed E-state index contributed by atoms with van der Waals surface area (Å²) >= 11 is 0. The van der Waals surface area contributed by atoms with Crippen molar-refractivity contribution in [3.63, 3.8) is 0 Å². The van der Waals surface area contributed by atoms with E-state index >= 15 is 0 Å². The summed E-state index contributed by atoms with van der Waals surface area (Å²) < 4.78 is 12.1. The lowest BCUT2D eigenvalue weighted by molar-refractivity contribution is 0.0934. The van der Waals surface area contributed by atoms with Gasteiger partial charge in [0.05, 0.1) is 26.0 Å². The van der Waals surface area contributed by atoms with Crippen molar-refractivity contribution >= 4 is 5.91 Å². The summed E-state index contributed by atoms with van der Waals surface area (Å²) in [5.74, 6) is 1.15. The zero-order valence-electron chi connectivity index (χ0n) is 15.8. The van der Waals surface area contributed by atoms with Crippen LogP contribution in [0.4, 0.5) is 0 Å². The number of ether oxygens (including phenoxy) is 2. The summed E-state index contributed by atoms with van der Waals surface area (Å²) in [4.78, 5) is 12.7. The summed E-state index contributed by atoms with van der Waals surface area (Å²) in [6.45, 7) is 3.72. The summed E-state index contributed by atoms with van der Waals surface area (Å²) in [6, 6.07) is 14.8. The zero-order chi connectivity index (χ0) is 19.4. The minimum atomic E-state index is -0.281. The Morgan fingerprint density at radius 1 is 1.07 bits per heavy atom. The highest BCUT2D eigenvalue weighted by Gasteiger charge is 2.20. The van der Waals surface area contributed by atoms with Crippen molar-refractivity contribution in [1.82, 2.24) is 20.3 Å². The van der Waals surface area contributed by atoms with Crippen molar-refractivity contribution in [2.24, 2.45) is 0 Å². The van der Waals surface area contributed by atoms with Crippen LogP contribution in [0.2, 0.25) is 0 Å². The number of amides is 1. The van der Waals surface area contributed by atoms with Gasteiger partial charge in [-0.1, -0.05) is 29.5 Å². The molecule has 1 heterocycles. The molecule has 3 aromatic rings. The average molecular weight is 366 g/mol. The number of carbonyl (C=O) groups is 1. The Kier molecular flexibility index (Phi) is 5.40. The van der Waals surface area contributed by atoms with Gasteiger partial charge < -0.3 is 14.8 Å². The Morgan fingerprint density at radius 3 is 2.44 bits per heavy atom. The van der Waals surface area contributed by atoms with Crippen LogP contribution in [-0.2, 0) is 0 Å². The molecule has 1 N–H and O–H groups in total. The van der Waals surface area contributed by atoms with Crippen LogP contribution in [0.1, 0.15) is 34.7 Å². The quantitative estimate of drug-likeness (QED) is 0.725. The monoisotopic (exact) mass is 366 g/mol. The largest absolute Gasteiger partial charge is 0.497 e. The van der Waals surface area contributed by atoms with E-state index < -0.39 is 0 Å². The van der Waals surface area contributed by atoms with E-state index in [4.69, 9.17) is 9.47 Å². The zero-order valence-corrected chi connectivity index (χ0v) is 15.8. The van der Waals surface area contributed by atoms with Gasteiger partial charge in [-0.3, -0.25) is 4.79 Å². The topological polar surface area (TPSA) is 78.3 Å². The molecule has 140 valence electrons. The van der Waals surface area contributed by atoms with Gasteiger partial charge >= 0.3 is 0 Å². The summed E-state index contributed by atoms with van der Waals surface area (Å²) in [7, 11) is 3.21. The van der Waals surface area contributed by atoms with E-state index in [1.165, 1.54) is 0 Å². The first kappa shape index (κ1) is 18.4. The Hall–Kier alpha value is -3.35. The SMILES string of the molecule is COc1ccc([C@H](C)NC(=O)c2nnn(-c3ccccc3OC)c2C)cc1. The molecular formula is C20H22N4O3. The van der Waals surface area contributed by atoms with Crippen LogP contribution in [0.3, 0.4) is 0 Å². The lowest BCUT2D eigenvalue weighted by Gasteiger charge is -2.14. The molecule has 0 radical (unpaired) electrons. The first-order valence-corrected chi connectivity index (χ1v) is 8.55. The van der Waals surface area contributed by atoms with Gasteiger partial charge in [0.15, 0.2) is 5.69 Å². The molecule has 0 aliphatic heterocycles. The fraction of sp³-hybridized carbons (Fsp3) is 0.250. The lowest BCUT2D eigenvalue weighted by Crippen LogP contribution is -2.27. The highest BCUT2D eigenvalue weighted by molar-refractivity contribution is 5.93. The van der Waals surface area contributed by atoms with E-state index in [1.54, 1.807) is 25.8 Å². The van der Waals surface area contributed by atoms with Crippen molar-refractivity contribution < 1.29 is 14.3 Å². The smallest absolute Gasteiger partial charge is 0.274 e. The van der Waals surface area contributed by atoms with E-state index in [-0.39, 0.29) is 17.6 Å². The number of nitrogens with zero attached hydrogens (tertiary/aromatic N) is 3. The van der Waals surface area contributed by atoms with Gasteiger partial charge in [-0.15, -0.1) is 5.10 Å². The molecule has 0 saturated carbocycles. The molecule has 0 saturated heterocycles. The number of methoxy groups -OCH3 is 2. The number of rotatable bonds is 6. The second-order valence-electron chi connectivity index (χ2n) is 6.08. The van der Waals surface area contributed by atoms with E-state index in [1.807, 2.05) is 55.5 Å². The third-order valence-corrected chi connectivity index (χ3v) is 4.39. The molecule has 1 aromatic heterocycles. The van der Waals surface area contributed by atoms with E-state index in [0.717, 1.165) is 17.0 Å². The van der Waals surface area contributed by atoms with Crippen LogP contribution < -0.4 is 14.8 Å². The third-order valence-electron chi connectivity index (χ3n) is 4.39. The van der Waals surface area contributed by atoms with Crippen molar-refractivity contribution in [1.29, 1.82) is 0 Å². The maximum atomic E-state index is 12.7. The molecule has 2 aromatic carbocycles. The maximum Gasteiger partial charge on any atom is 0.274 e. The molecule has 0 spiro atoms. The molecule has 7 heteroatoms. The molecule has 0 bridgehead atoms. The summed E-state index contributed by atoms with van der Waals surface area (Å²) in [5.41, 5.74) is 2.62. The predicted octanol–water partition coefficient (Wildman–Crippen LogP) is 3.08. The van der Waals surface area contributed by atoms with E-state index in [2.05, 4.69) is 15.6 Å². The molecular weight excluding hydrogens is 344 g/mol. The molecule has 1 atom stereocenters. The second kappa shape index (κ2) is 7.90. The molecule has 27 heavy (non-hydrogen) atoms. The number of para-hydroxylation sites is 2. The Morgan fingerprint density at radius 2 is 1.78 bits per heavy atom. The Balaban J connectivity index is 1.80. The van der Waals surface area contributed by atoms with Gasteiger partial charge in [0.1, 0.15) is 17.2 Å². The number of carbonyl (C=O) groups excluding carboxylic acids is 1. The van der Waals surface area contributed by atoms with Crippen molar-refractivity contribution in [2.45, 2.75) is 19.9 Å². The van der Waals surface area contributed by atoms with Gasteiger partial charge in [0.25, 0.3) is 5.91 Å². The summed E-state index contributed by atoms with van der Waals surface area (Å²) in [5, 5.41) is 11.2. The van der Waals surface area contributed by atoms with Gasteiger partial charge in [-0.05, 0) is 43.7 Å². The molecule has 7 nitrogen and oxygen atoms in total. The normalized spacial score (nSPS) is 11.7. The lowest BCUT2D eigenvalue weighted by atomic mass is 10.1. The van der Waals surface area contributed by atoms with Gasteiger partial charge in [-0.2, -0.15) is 0 Å². The standard InChI is InChI=1S/C20H22N4O3/c1-13(15-9-11-16(26-3)12-10-15)21-20(25)19-14(2)24(23-22-19)17-7-5-6-8-18(17)27-4/h5-13H,1-4H3,(H,21,25)/t13-/m0/s1. The number of aromatic nitrogens is 3. The van der Waals surface area contributed by atoms with Crippen LogP contribution >= 0.6 is 0 Å². The van der Waals surface area contributed by atoms with Gasteiger partial charge in [0, 0.05) is 0 Å². The number of hydrogen-bond acceptors (Lipinski definition) is 5. The number of hydrogen-bond donors (Lipinski definition) is 1. The fourth-order valence-electron chi connectivity index (χ4n) is 2.81. The number of benzene rings is 2. The average Bonchev–Trinajstić information content (AvgIpc) is 3.09. The molecule has 3 rings (SSSR count). The van der Waals surface area contributed by atoms with Gasteiger partial charge in [-0.25, -0.2) is 4.68 Å². The minimum absolute atomic E-state index is 0.181. The molecule has 1 amide bonds. The Labute approximate surface area is 157 Å². The van der Waals surface area contributed by atoms with Crippen LogP contribution in [0.15, 0.2) is 48.5 Å². The number of nitrogens with one attached hydrogen (secondary N) is 1. The predicted molar refractivity (Wildman–Crippen MR) is 102 cm³/mol. The van der Waals surface area contributed by atoms with Crippen LogP contribution in [0.25, 0.3) is 5.69 Å². The first-order chi connectivity index (χ1) is 13.0. The van der Waals surface area contributed by atoms with Crippen molar-refractivity contribution in [3.05, 3.63) is 65.5 Å². The summed E-state index contributed by atoms with van der Waals surface area (Å²) in [6.07, 6.45) is 0. The highest BCUT2D eigenvalue weighted by Crippen LogP contribution is 2.23. The highest BCUT2D eigenvalue weighted by atomic mass is 16.5. The van der Waals surface area contributed by atoms with Crippen LogP contribution in [0, 0.1) is 6.92 Å². The Bertz CT molecular complexity index is 935. The fourth-order valence-corrected chi connectivity index (χ4v) is 2.81. The molecule has 0 aliphatic rings. The second-order valence-corrected chi connectivity index (χ2v) is 6.08. The minimum Gasteiger partial charge on any atom is -0.497 e. The first-order valence-electron chi connectivity index (χ1n) is 8.55. The van der Waals surface area contributed by atoms with Crippen molar-refractivity contribution in [3.8, 4) is 17.2 Å². The molecule has 0 aliphatic carbocycles. The maximum absolute atomic E-state index is 12.7. The van der Waals surface area contributed by atoms with Crippen LogP contribution in [-0.4, -0.2) is 35.1 Å². The van der Waals surface area contributed by atoms with E-state index in [9.17, 15) is 4.79 Å². The molecule has 0 fully saturated rings.